The van der Waals surface area contributed by atoms with Crippen LogP contribution >= 0.6 is 7.82 Å². The monoisotopic (exact) mass is 290 g/mol. The summed E-state index contributed by atoms with van der Waals surface area (Å²) in [6.07, 6.45) is 0. The SMILES string of the molecule is O=P(O)(Oc1ccccc1)Oc1ccccc1.[KH]. The van der Waals surface area contributed by atoms with E-state index in [1.807, 2.05) is 0 Å². The second-order valence-electron chi connectivity index (χ2n) is 3.28. The Morgan fingerprint density at radius 1 is 0.778 bits per heavy atom. The first-order valence-corrected chi connectivity index (χ1v) is 6.47. The summed E-state index contributed by atoms with van der Waals surface area (Å²) in [5.41, 5.74) is 0. The van der Waals surface area contributed by atoms with Crippen molar-refractivity contribution in [2.75, 3.05) is 0 Å². The van der Waals surface area contributed by atoms with Crippen LogP contribution in [0.2, 0.25) is 0 Å². The molecule has 2 rings (SSSR count). The van der Waals surface area contributed by atoms with Gasteiger partial charge in [-0.1, -0.05) is 36.4 Å². The van der Waals surface area contributed by atoms with E-state index in [4.69, 9.17) is 9.05 Å². The molecule has 0 unspecified atom stereocenters. The Morgan fingerprint density at radius 2 is 1.11 bits per heavy atom. The molecule has 0 aliphatic rings. The van der Waals surface area contributed by atoms with Gasteiger partial charge in [-0.25, -0.2) is 4.57 Å². The molecule has 0 aliphatic heterocycles. The number of hydrogen-bond acceptors (Lipinski definition) is 3. The van der Waals surface area contributed by atoms with Crippen molar-refractivity contribution >= 4 is 59.2 Å². The Bertz CT molecular complexity index is 473. The molecular weight excluding hydrogens is 278 g/mol. The molecule has 0 fully saturated rings. The fourth-order valence-electron chi connectivity index (χ4n) is 1.25. The first-order valence-electron chi connectivity index (χ1n) is 4.98. The third kappa shape index (κ3) is 5.24. The van der Waals surface area contributed by atoms with Gasteiger partial charge in [0.25, 0.3) is 0 Å². The summed E-state index contributed by atoms with van der Waals surface area (Å²) in [6, 6.07) is 16.7. The summed E-state index contributed by atoms with van der Waals surface area (Å²) < 4.78 is 21.5. The van der Waals surface area contributed by atoms with Crippen LogP contribution in [0.25, 0.3) is 0 Å². The third-order valence-corrected chi connectivity index (χ3v) is 2.81. The predicted molar refractivity (Wildman–Crippen MR) is 71.1 cm³/mol. The van der Waals surface area contributed by atoms with Gasteiger partial charge < -0.3 is 9.05 Å². The van der Waals surface area contributed by atoms with Crippen LogP contribution in [0.1, 0.15) is 0 Å². The van der Waals surface area contributed by atoms with Crippen LogP contribution in [0.4, 0.5) is 0 Å². The van der Waals surface area contributed by atoms with Crippen LogP contribution in [-0.2, 0) is 4.57 Å². The van der Waals surface area contributed by atoms with Crippen molar-refractivity contribution in [3.8, 4) is 11.5 Å². The van der Waals surface area contributed by atoms with E-state index in [-0.39, 0.29) is 62.9 Å². The van der Waals surface area contributed by atoms with Crippen molar-refractivity contribution in [1.82, 2.24) is 0 Å². The average molecular weight is 290 g/mol. The van der Waals surface area contributed by atoms with E-state index < -0.39 is 7.82 Å². The Kier molecular flexibility index (Phi) is 6.59. The standard InChI is InChI=1S/C12H11O4P.K.H/c13-17(14,15-11-7-3-1-4-8-11)16-12-9-5-2-6-10-12;;/h1-10H,(H,13,14);;. The Labute approximate surface area is 148 Å². The third-order valence-electron chi connectivity index (χ3n) is 1.93. The van der Waals surface area contributed by atoms with Crippen molar-refractivity contribution in [1.29, 1.82) is 0 Å². The number of phosphoric acid groups is 1. The Balaban J connectivity index is 0.00000162. The van der Waals surface area contributed by atoms with E-state index in [9.17, 15) is 9.46 Å². The average Bonchev–Trinajstić information content (AvgIpc) is 2.30. The number of para-hydroxylation sites is 2. The molecule has 0 spiro atoms. The molecule has 1 N–H and O–H groups in total. The molecule has 0 amide bonds. The molecule has 0 radical (unpaired) electrons. The van der Waals surface area contributed by atoms with Crippen LogP contribution in [0.5, 0.6) is 11.5 Å². The molecule has 0 saturated carbocycles. The summed E-state index contributed by atoms with van der Waals surface area (Å²) >= 11 is 0. The summed E-state index contributed by atoms with van der Waals surface area (Å²) in [4.78, 5) is 9.53. The van der Waals surface area contributed by atoms with Gasteiger partial charge in [0.05, 0.1) is 0 Å². The number of benzene rings is 2. The molecule has 18 heavy (non-hydrogen) atoms. The van der Waals surface area contributed by atoms with Crippen LogP contribution in [0.3, 0.4) is 0 Å². The van der Waals surface area contributed by atoms with E-state index in [1.165, 1.54) is 0 Å². The van der Waals surface area contributed by atoms with Gasteiger partial charge in [-0.2, -0.15) is 0 Å². The molecule has 0 aliphatic carbocycles. The Hall–Kier alpha value is -0.134. The van der Waals surface area contributed by atoms with Gasteiger partial charge >= 0.3 is 59.2 Å². The molecule has 2 aromatic rings. The molecule has 0 atom stereocenters. The van der Waals surface area contributed by atoms with Crippen molar-refractivity contribution < 1.29 is 18.5 Å². The minimum atomic E-state index is -4.14. The van der Waals surface area contributed by atoms with E-state index in [0.29, 0.717) is 0 Å². The number of phosphoric ester groups is 1. The first-order chi connectivity index (χ1) is 8.16. The van der Waals surface area contributed by atoms with Crippen LogP contribution in [-0.4, -0.2) is 56.3 Å². The zero-order chi connectivity index (χ0) is 12.1. The summed E-state index contributed by atoms with van der Waals surface area (Å²) in [5.74, 6) is 0.573. The quantitative estimate of drug-likeness (QED) is 0.694. The van der Waals surface area contributed by atoms with Gasteiger partial charge in [0.2, 0.25) is 0 Å². The molecule has 0 bridgehead atoms. The van der Waals surface area contributed by atoms with Crippen LogP contribution in [0.15, 0.2) is 60.7 Å². The summed E-state index contributed by atoms with van der Waals surface area (Å²) in [6.45, 7) is 0. The van der Waals surface area contributed by atoms with E-state index in [0.717, 1.165) is 0 Å². The van der Waals surface area contributed by atoms with Gasteiger partial charge in [-0.15, -0.1) is 0 Å². The number of hydrogen-bond donors (Lipinski definition) is 1. The second-order valence-corrected chi connectivity index (χ2v) is 4.58. The van der Waals surface area contributed by atoms with Gasteiger partial charge in [-0.05, 0) is 24.3 Å². The van der Waals surface area contributed by atoms with Gasteiger partial charge in [0.15, 0.2) is 0 Å². The molecule has 6 heteroatoms. The molecule has 0 aromatic heterocycles. The van der Waals surface area contributed by atoms with E-state index in [2.05, 4.69) is 0 Å². The fourth-order valence-corrected chi connectivity index (χ4v) is 2.06. The summed E-state index contributed by atoms with van der Waals surface area (Å²) in [7, 11) is -4.14. The maximum atomic E-state index is 11.7. The van der Waals surface area contributed by atoms with Crippen molar-refractivity contribution in [3.63, 3.8) is 0 Å². The summed E-state index contributed by atoms with van der Waals surface area (Å²) in [5, 5.41) is 0. The second kappa shape index (κ2) is 7.45. The Morgan fingerprint density at radius 3 is 1.44 bits per heavy atom. The van der Waals surface area contributed by atoms with E-state index >= 15 is 0 Å². The van der Waals surface area contributed by atoms with Crippen LogP contribution in [0, 0.1) is 0 Å². The first kappa shape index (κ1) is 15.9. The van der Waals surface area contributed by atoms with Crippen LogP contribution < -0.4 is 9.05 Å². The van der Waals surface area contributed by atoms with Gasteiger partial charge in [0.1, 0.15) is 11.5 Å². The fraction of sp³-hybridized carbons (Fsp3) is 0. The normalized spacial score (nSPS) is 10.3. The molecule has 2 aromatic carbocycles. The van der Waals surface area contributed by atoms with Crippen molar-refractivity contribution in [3.05, 3.63) is 60.7 Å². The molecule has 4 nitrogen and oxygen atoms in total. The maximum absolute atomic E-state index is 11.7. The predicted octanol–water partition coefficient (Wildman–Crippen LogP) is 2.60. The minimum absolute atomic E-state index is 0. The molecule has 90 valence electrons. The topological polar surface area (TPSA) is 55.8 Å². The molecule has 0 saturated heterocycles. The van der Waals surface area contributed by atoms with Crippen molar-refractivity contribution in [2.45, 2.75) is 0 Å². The van der Waals surface area contributed by atoms with Crippen molar-refractivity contribution in [2.24, 2.45) is 0 Å². The molecule has 0 heterocycles. The zero-order valence-electron chi connectivity index (χ0n) is 8.89. The molecular formula is C12H12KO4P. The van der Waals surface area contributed by atoms with Gasteiger partial charge in [-0.3, -0.25) is 4.89 Å². The van der Waals surface area contributed by atoms with Gasteiger partial charge in [0, 0.05) is 0 Å². The van der Waals surface area contributed by atoms with E-state index in [1.54, 1.807) is 60.7 Å². The number of rotatable bonds is 4. The zero-order valence-corrected chi connectivity index (χ0v) is 9.79.